The van der Waals surface area contributed by atoms with Crippen molar-refractivity contribution in [3.05, 3.63) is 28.5 Å². The Morgan fingerprint density at radius 1 is 1.56 bits per heavy atom. The first-order chi connectivity index (χ1) is 8.34. The van der Waals surface area contributed by atoms with Gasteiger partial charge >= 0.3 is 12.3 Å². The zero-order chi connectivity index (χ0) is 13.8. The van der Waals surface area contributed by atoms with E-state index in [9.17, 15) is 18.0 Å². The molecule has 4 nitrogen and oxygen atoms in total. The number of rotatable bonds is 3. The van der Waals surface area contributed by atoms with Gasteiger partial charge in [0.15, 0.2) is 0 Å². The quantitative estimate of drug-likeness (QED) is 0.927. The van der Waals surface area contributed by atoms with E-state index in [0.717, 1.165) is 6.07 Å². The van der Waals surface area contributed by atoms with E-state index in [2.05, 4.69) is 15.0 Å². The lowest BCUT2D eigenvalue weighted by Gasteiger charge is -2.09. The highest BCUT2D eigenvalue weighted by Gasteiger charge is 2.31. The minimum Gasteiger partial charge on any atom is -0.453 e. The van der Waals surface area contributed by atoms with Crippen LogP contribution in [-0.2, 0) is 17.3 Å². The van der Waals surface area contributed by atoms with Crippen LogP contribution in [0.2, 0.25) is 5.02 Å². The Hall–Kier alpha value is -1.50. The predicted molar refractivity (Wildman–Crippen MR) is 58.4 cm³/mol. The van der Waals surface area contributed by atoms with Crippen molar-refractivity contribution in [2.45, 2.75) is 12.6 Å². The lowest BCUT2D eigenvalue weighted by atomic mass is 10.2. The summed E-state index contributed by atoms with van der Waals surface area (Å²) in [4.78, 5) is 14.4. The van der Waals surface area contributed by atoms with Crippen molar-refractivity contribution in [1.82, 2.24) is 10.3 Å². The Balaban J connectivity index is 2.66. The largest absolute Gasteiger partial charge is 0.453 e. The van der Waals surface area contributed by atoms with Crippen LogP contribution in [0.5, 0.6) is 0 Å². The molecule has 0 saturated heterocycles. The molecule has 1 aromatic heterocycles. The van der Waals surface area contributed by atoms with Crippen molar-refractivity contribution in [3.8, 4) is 0 Å². The number of hydrogen-bond donors (Lipinski definition) is 1. The number of methoxy groups -OCH3 is 1. The molecular formula is C10H10ClF3N2O2. The van der Waals surface area contributed by atoms with E-state index in [4.69, 9.17) is 11.6 Å². The molecule has 0 spiro atoms. The zero-order valence-corrected chi connectivity index (χ0v) is 10.1. The highest BCUT2D eigenvalue weighted by atomic mass is 35.5. The number of pyridine rings is 1. The smallest absolute Gasteiger partial charge is 0.417 e. The van der Waals surface area contributed by atoms with Gasteiger partial charge in [-0.15, -0.1) is 0 Å². The summed E-state index contributed by atoms with van der Waals surface area (Å²) in [7, 11) is 1.21. The minimum absolute atomic E-state index is 0.0866. The molecule has 0 unspecified atom stereocenters. The average Bonchev–Trinajstić information content (AvgIpc) is 2.29. The van der Waals surface area contributed by atoms with E-state index in [0.29, 0.717) is 6.20 Å². The van der Waals surface area contributed by atoms with Gasteiger partial charge in [0.25, 0.3) is 0 Å². The van der Waals surface area contributed by atoms with Crippen LogP contribution in [0, 0.1) is 0 Å². The number of amides is 1. The van der Waals surface area contributed by atoms with Crippen LogP contribution in [0.1, 0.15) is 11.3 Å². The fraction of sp³-hybridized carbons (Fsp3) is 0.400. The molecule has 0 fully saturated rings. The summed E-state index contributed by atoms with van der Waals surface area (Å²) in [5, 5.41) is 2.28. The van der Waals surface area contributed by atoms with E-state index in [-0.39, 0.29) is 23.7 Å². The first-order valence-electron chi connectivity index (χ1n) is 4.88. The van der Waals surface area contributed by atoms with Crippen LogP contribution in [-0.4, -0.2) is 24.7 Å². The number of halogens is 4. The van der Waals surface area contributed by atoms with Gasteiger partial charge in [0.05, 0.1) is 23.4 Å². The van der Waals surface area contributed by atoms with Crippen LogP contribution in [0.15, 0.2) is 12.3 Å². The lowest BCUT2D eigenvalue weighted by molar-refractivity contribution is -0.137. The maximum Gasteiger partial charge on any atom is 0.417 e. The minimum atomic E-state index is -4.47. The molecule has 0 aliphatic heterocycles. The first kappa shape index (κ1) is 14.6. The number of hydrogen-bond acceptors (Lipinski definition) is 3. The predicted octanol–water partition coefficient (Wildman–Crippen LogP) is 2.65. The average molecular weight is 283 g/mol. The molecule has 1 heterocycles. The van der Waals surface area contributed by atoms with Crippen molar-refractivity contribution in [3.63, 3.8) is 0 Å². The lowest BCUT2D eigenvalue weighted by Crippen LogP contribution is -2.25. The Labute approximate surface area is 106 Å². The maximum atomic E-state index is 12.3. The number of ether oxygens (including phenoxy) is 1. The van der Waals surface area contributed by atoms with Crippen LogP contribution >= 0.6 is 11.6 Å². The zero-order valence-electron chi connectivity index (χ0n) is 9.34. The van der Waals surface area contributed by atoms with E-state index in [1.54, 1.807) is 0 Å². The summed E-state index contributed by atoms with van der Waals surface area (Å²) in [6.07, 6.45) is -4.18. The van der Waals surface area contributed by atoms with E-state index >= 15 is 0 Å². The van der Waals surface area contributed by atoms with Crippen LogP contribution in [0.3, 0.4) is 0 Å². The van der Waals surface area contributed by atoms with Crippen LogP contribution in [0.4, 0.5) is 18.0 Å². The third-order valence-corrected chi connectivity index (χ3v) is 2.39. The molecule has 1 N–H and O–H groups in total. The molecule has 1 rings (SSSR count). The molecule has 0 saturated carbocycles. The van der Waals surface area contributed by atoms with Crippen LogP contribution in [0.25, 0.3) is 0 Å². The highest BCUT2D eigenvalue weighted by Crippen LogP contribution is 2.30. The SMILES string of the molecule is COC(=O)NCCc1ncc(C(F)(F)F)cc1Cl. The van der Waals surface area contributed by atoms with Crippen molar-refractivity contribution in [1.29, 1.82) is 0 Å². The summed E-state index contributed by atoms with van der Waals surface area (Å²) in [6, 6.07) is 0.808. The number of alkyl carbamates (subject to hydrolysis) is 1. The third kappa shape index (κ3) is 4.06. The van der Waals surface area contributed by atoms with Gasteiger partial charge in [0, 0.05) is 19.2 Å². The highest BCUT2D eigenvalue weighted by molar-refractivity contribution is 6.31. The molecule has 0 radical (unpaired) electrons. The summed E-state index contributed by atoms with van der Waals surface area (Å²) in [5.74, 6) is 0. The summed E-state index contributed by atoms with van der Waals surface area (Å²) in [6.45, 7) is 0.171. The maximum absolute atomic E-state index is 12.3. The van der Waals surface area contributed by atoms with Crippen LogP contribution < -0.4 is 5.32 Å². The van der Waals surface area contributed by atoms with E-state index in [1.807, 2.05) is 0 Å². The van der Waals surface area contributed by atoms with Gasteiger partial charge in [-0.05, 0) is 6.07 Å². The molecule has 8 heteroatoms. The molecular weight excluding hydrogens is 273 g/mol. The van der Waals surface area contributed by atoms with E-state index < -0.39 is 17.8 Å². The number of nitrogens with zero attached hydrogens (tertiary/aromatic N) is 1. The topological polar surface area (TPSA) is 51.2 Å². The second kappa shape index (κ2) is 5.90. The van der Waals surface area contributed by atoms with Gasteiger partial charge in [0.1, 0.15) is 0 Å². The number of nitrogens with one attached hydrogen (secondary N) is 1. The standard InChI is InChI=1S/C10H10ClF3N2O2/c1-18-9(17)15-3-2-8-7(11)4-6(5-16-8)10(12,13)14/h4-5H,2-3H2,1H3,(H,15,17). The molecule has 0 aliphatic rings. The van der Waals surface area contributed by atoms with E-state index in [1.165, 1.54) is 7.11 Å². The Kier molecular flexibility index (Phi) is 4.77. The van der Waals surface area contributed by atoms with Gasteiger partial charge < -0.3 is 10.1 Å². The number of carbonyl (C=O) groups excluding carboxylic acids is 1. The summed E-state index contributed by atoms with van der Waals surface area (Å²) < 4.78 is 41.3. The Morgan fingerprint density at radius 2 is 2.22 bits per heavy atom. The summed E-state index contributed by atoms with van der Waals surface area (Å²) in [5.41, 5.74) is -0.627. The molecule has 1 amide bonds. The molecule has 100 valence electrons. The second-order valence-corrected chi connectivity index (χ2v) is 3.73. The Morgan fingerprint density at radius 3 is 2.72 bits per heavy atom. The Bertz CT molecular complexity index is 438. The normalized spacial score (nSPS) is 11.2. The van der Waals surface area contributed by atoms with Gasteiger partial charge in [0.2, 0.25) is 0 Å². The number of carbonyl (C=O) groups is 1. The fourth-order valence-electron chi connectivity index (χ4n) is 1.16. The molecule has 0 aromatic carbocycles. The number of alkyl halides is 3. The fourth-order valence-corrected chi connectivity index (χ4v) is 1.42. The molecule has 18 heavy (non-hydrogen) atoms. The number of aromatic nitrogens is 1. The van der Waals surface area contributed by atoms with Crippen molar-refractivity contribution in [2.75, 3.05) is 13.7 Å². The molecule has 0 bridgehead atoms. The van der Waals surface area contributed by atoms with Crippen molar-refractivity contribution in [2.24, 2.45) is 0 Å². The molecule has 0 aliphatic carbocycles. The molecule has 0 atom stereocenters. The van der Waals surface area contributed by atoms with Gasteiger partial charge in [-0.1, -0.05) is 11.6 Å². The van der Waals surface area contributed by atoms with Gasteiger partial charge in [-0.2, -0.15) is 13.2 Å². The third-order valence-electron chi connectivity index (χ3n) is 2.06. The van der Waals surface area contributed by atoms with Gasteiger partial charge in [-0.25, -0.2) is 4.79 Å². The summed E-state index contributed by atoms with van der Waals surface area (Å²) >= 11 is 5.68. The van der Waals surface area contributed by atoms with Gasteiger partial charge in [-0.3, -0.25) is 4.98 Å². The second-order valence-electron chi connectivity index (χ2n) is 3.32. The van der Waals surface area contributed by atoms with Crippen molar-refractivity contribution < 1.29 is 22.7 Å². The molecule has 1 aromatic rings. The monoisotopic (exact) mass is 282 g/mol. The van der Waals surface area contributed by atoms with Crippen molar-refractivity contribution >= 4 is 17.7 Å². The first-order valence-corrected chi connectivity index (χ1v) is 5.26.